The minimum atomic E-state index is -0.714. The highest BCUT2D eigenvalue weighted by molar-refractivity contribution is 8.14. The fourth-order valence-corrected chi connectivity index (χ4v) is 4.50. The van der Waals surface area contributed by atoms with Gasteiger partial charge in [0.15, 0.2) is 5.12 Å². The molecule has 0 bridgehead atoms. The Labute approximate surface area is 186 Å². The van der Waals surface area contributed by atoms with Gasteiger partial charge < -0.3 is 9.47 Å². The average molecular weight is 454 g/mol. The van der Waals surface area contributed by atoms with Crippen molar-refractivity contribution in [3.63, 3.8) is 0 Å². The molecule has 6 nitrogen and oxygen atoms in total. The van der Waals surface area contributed by atoms with Gasteiger partial charge in [0.05, 0.1) is 7.11 Å². The van der Waals surface area contributed by atoms with Crippen molar-refractivity contribution in [1.82, 2.24) is 4.90 Å². The molecule has 0 spiro atoms. The number of piperidine rings is 1. The van der Waals surface area contributed by atoms with Crippen LogP contribution in [0, 0.1) is 0 Å². The first-order chi connectivity index (χ1) is 14.0. The fraction of sp³-hybridized carbons (Fsp3) is 0.500. The highest BCUT2D eigenvalue weighted by Gasteiger charge is 2.36. The normalized spacial score (nSPS) is 19.9. The van der Waals surface area contributed by atoms with Crippen molar-refractivity contribution in [2.24, 2.45) is 0 Å². The van der Waals surface area contributed by atoms with Crippen molar-refractivity contribution in [3.05, 3.63) is 46.5 Å². The zero-order valence-corrected chi connectivity index (χ0v) is 19.5. The summed E-state index contributed by atoms with van der Waals surface area (Å²) < 4.78 is 10.5. The van der Waals surface area contributed by atoms with Gasteiger partial charge in [-0.3, -0.25) is 9.69 Å². The van der Waals surface area contributed by atoms with Crippen LogP contribution in [0.4, 0.5) is 0 Å². The summed E-state index contributed by atoms with van der Waals surface area (Å²) >= 11 is 7.54. The molecule has 1 aromatic carbocycles. The number of benzene rings is 1. The number of hydrogen-bond acceptors (Lipinski definition) is 7. The maximum absolute atomic E-state index is 12.6. The molecule has 1 saturated heterocycles. The molecular weight excluding hydrogens is 426 g/mol. The molecule has 1 fully saturated rings. The van der Waals surface area contributed by atoms with Crippen molar-refractivity contribution in [1.29, 1.82) is 0 Å². The van der Waals surface area contributed by atoms with Crippen molar-refractivity contribution in [3.8, 4) is 0 Å². The standard InChI is InChI=1S/C22H28ClNO5S/c1-14(25)30-18-10-11-24(13-15(18)12-19(26)29-22(2,3)4)20(21(27)28-5)16-8-6-7-9-17(16)23/h6-9,12,18,20H,10-11,13H2,1-5H3/b15-12+/t18?,20-/m0/s1. The lowest BCUT2D eigenvalue weighted by atomic mass is 9.98. The van der Waals surface area contributed by atoms with Crippen LogP contribution >= 0.6 is 23.4 Å². The number of thioether (sulfide) groups is 1. The number of carbonyl (C=O) groups is 3. The lowest BCUT2D eigenvalue weighted by Gasteiger charge is -2.37. The van der Waals surface area contributed by atoms with E-state index in [0.717, 1.165) is 5.57 Å². The van der Waals surface area contributed by atoms with E-state index in [-0.39, 0.29) is 10.4 Å². The van der Waals surface area contributed by atoms with Gasteiger partial charge in [-0.15, -0.1) is 0 Å². The van der Waals surface area contributed by atoms with E-state index in [1.807, 2.05) is 11.0 Å². The minimum Gasteiger partial charge on any atom is -0.468 e. The van der Waals surface area contributed by atoms with E-state index in [1.165, 1.54) is 31.9 Å². The van der Waals surface area contributed by atoms with Crippen molar-refractivity contribution in [2.45, 2.75) is 51.0 Å². The molecule has 30 heavy (non-hydrogen) atoms. The number of carbonyl (C=O) groups excluding carboxylic acids is 3. The Balaban J connectivity index is 2.37. The third-order valence-corrected chi connectivity index (χ3v) is 5.98. The monoisotopic (exact) mass is 453 g/mol. The van der Waals surface area contributed by atoms with E-state index in [4.69, 9.17) is 21.1 Å². The largest absolute Gasteiger partial charge is 0.468 e. The highest BCUT2D eigenvalue weighted by Crippen LogP contribution is 2.35. The topological polar surface area (TPSA) is 72.9 Å². The molecule has 0 N–H and O–H groups in total. The minimum absolute atomic E-state index is 0.0286. The first kappa shape index (κ1) is 24.4. The third-order valence-electron chi connectivity index (χ3n) is 4.49. The number of hydrogen-bond donors (Lipinski definition) is 0. The fourth-order valence-electron chi connectivity index (χ4n) is 3.34. The summed E-state index contributed by atoms with van der Waals surface area (Å²) in [6.07, 6.45) is 2.04. The quantitative estimate of drug-likeness (QED) is 0.489. The Morgan fingerprint density at radius 3 is 2.50 bits per heavy atom. The van der Waals surface area contributed by atoms with Crippen LogP contribution in [0.1, 0.15) is 45.7 Å². The first-order valence-electron chi connectivity index (χ1n) is 9.68. The molecule has 0 radical (unpaired) electrons. The molecule has 1 aliphatic heterocycles. The molecule has 1 aliphatic rings. The van der Waals surface area contributed by atoms with Crippen LogP contribution in [0.15, 0.2) is 35.9 Å². The SMILES string of the molecule is COC(=O)[C@H](c1ccccc1Cl)N1CCC(SC(C)=O)/C(=C/C(=O)OC(C)(C)C)C1. The molecule has 1 unspecified atom stereocenters. The molecule has 2 atom stereocenters. The van der Waals surface area contributed by atoms with Crippen LogP contribution in [0.3, 0.4) is 0 Å². The van der Waals surface area contributed by atoms with Crippen LogP contribution in [0.5, 0.6) is 0 Å². The third kappa shape index (κ3) is 6.86. The lowest BCUT2D eigenvalue weighted by Crippen LogP contribution is -2.43. The van der Waals surface area contributed by atoms with Gasteiger partial charge in [-0.2, -0.15) is 0 Å². The summed E-state index contributed by atoms with van der Waals surface area (Å²) in [6, 6.07) is 6.41. The molecule has 0 aromatic heterocycles. The molecule has 1 aromatic rings. The van der Waals surface area contributed by atoms with E-state index in [9.17, 15) is 14.4 Å². The maximum Gasteiger partial charge on any atom is 0.331 e. The maximum atomic E-state index is 12.6. The number of methoxy groups -OCH3 is 1. The number of rotatable bonds is 5. The molecule has 164 valence electrons. The van der Waals surface area contributed by atoms with Crippen LogP contribution in [-0.4, -0.2) is 53.0 Å². The predicted molar refractivity (Wildman–Crippen MR) is 118 cm³/mol. The molecule has 2 rings (SSSR count). The van der Waals surface area contributed by atoms with E-state index in [1.54, 1.807) is 39.0 Å². The second kappa shape index (κ2) is 10.5. The summed E-state index contributed by atoms with van der Waals surface area (Å²) in [7, 11) is 1.34. The second-order valence-corrected chi connectivity index (χ2v) is 9.84. The molecule has 1 heterocycles. The van der Waals surface area contributed by atoms with E-state index in [0.29, 0.717) is 30.1 Å². The van der Waals surface area contributed by atoms with Gasteiger partial charge in [0.2, 0.25) is 0 Å². The van der Waals surface area contributed by atoms with Crippen LogP contribution < -0.4 is 0 Å². The molecule has 8 heteroatoms. The summed E-state index contributed by atoms with van der Waals surface area (Å²) in [4.78, 5) is 38.7. The van der Waals surface area contributed by atoms with Gasteiger partial charge in [-0.1, -0.05) is 41.6 Å². The van der Waals surface area contributed by atoms with Crippen molar-refractivity contribution < 1.29 is 23.9 Å². The van der Waals surface area contributed by atoms with Gasteiger partial charge in [0.1, 0.15) is 11.6 Å². The number of ether oxygens (including phenoxy) is 2. The summed E-state index contributed by atoms with van der Waals surface area (Å²) in [5.41, 5.74) is 0.745. The Hall–Kier alpha value is -1.83. The first-order valence-corrected chi connectivity index (χ1v) is 10.9. The van der Waals surface area contributed by atoms with Gasteiger partial charge >= 0.3 is 11.9 Å². The number of esters is 2. The second-order valence-electron chi connectivity index (χ2n) is 8.06. The smallest absolute Gasteiger partial charge is 0.331 e. The number of halogens is 1. The Morgan fingerprint density at radius 2 is 1.93 bits per heavy atom. The molecule has 0 saturated carbocycles. The zero-order valence-electron chi connectivity index (χ0n) is 17.9. The summed E-state index contributed by atoms with van der Waals surface area (Å²) in [5, 5.41) is 0.278. The van der Waals surface area contributed by atoms with Crippen LogP contribution in [0.25, 0.3) is 0 Å². The van der Waals surface area contributed by atoms with E-state index >= 15 is 0 Å². The predicted octanol–water partition coefficient (Wildman–Crippen LogP) is 4.18. The van der Waals surface area contributed by atoms with Crippen molar-refractivity contribution in [2.75, 3.05) is 20.2 Å². The summed E-state index contributed by atoms with van der Waals surface area (Å²) in [5.74, 6) is -0.904. The van der Waals surface area contributed by atoms with Crippen molar-refractivity contribution >= 4 is 40.4 Å². The number of likely N-dealkylation sites (tertiary alicyclic amines) is 1. The Morgan fingerprint density at radius 1 is 1.27 bits per heavy atom. The molecule has 0 amide bonds. The van der Waals surface area contributed by atoms with Gasteiger partial charge in [-0.25, -0.2) is 9.59 Å². The lowest BCUT2D eigenvalue weighted by molar-refractivity contribution is -0.148. The van der Waals surface area contributed by atoms with Crippen LogP contribution in [0.2, 0.25) is 5.02 Å². The van der Waals surface area contributed by atoms with Gasteiger partial charge in [0.25, 0.3) is 0 Å². The van der Waals surface area contributed by atoms with E-state index in [2.05, 4.69) is 0 Å². The van der Waals surface area contributed by atoms with Gasteiger partial charge in [0, 0.05) is 36.4 Å². The molecular formula is C22H28ClNO5S. The Kier molecular flexibility index (Phi) is 8.52. The van der Waals surface area contributed by atoms with E-state index < -0.39 is 23.6 Å². The molecule has 0 aliphatic carbocycles. The Bertz CT molecular complexity index is 833. The summed E-state index contributed by atoms with van der Waals surface area (Å²) in [6.45, 7) is 7.75. The zero-order chi connectivity index (χ0) is 22.5. The average Bonchev–Trinajstić information content (AvgIpc) is 2.63. The number of nitrogens with zero attached hydrogens (tertiary/aromatic N) is 1. The highest BCUT2D eigenvalue weighted by atomic mass is 35.5. The van der Waals surface area contributed by atoms with Crippen LogP contribution in [-0.2, 0) is 23.9 Å². The van der Waals surface area contributed by atoms with Gasteiger partial charge in [-0.05, 0) is 44.4 Å².